The molecule has 0 fully saturated rings. The Kier molecular flexibility index (Phi) is 4.09. The Labute approximate surface area is 85.8 Å². The highest BCUT2D eigenvalue weighted by Crippen LogP contribution is 2.23. The first-order valence-corrected chi connectivity index (χ1v) is 5.85. The third kappa shape index (κ3) is 2.13. The number of aromatic nitrogens is 2. The van der Waals surface area contributed by atoms with Gasteiger partial charge in [-0.2, -0.15) is 5.10 Å². The molecule has 6 heteroatoms. The molecule has 1 aliphatic heterocycles. The summed E-state index contributed by atoms with van der Waals surface area (Å²) < 4.78 is 17.9. The SMILES string of the molecule is CC.NS(=O)c1cnn2c1OCCC2. The number of ether oxygens (including phenoxy) is 1. The third-order valence-electron chi connectivity index (χ3n) is 1.73. The quantitative estimate of drug-likeness (QED) is 0.751. The number of aryl methyl sites for hydroxylation is 1. The summed E-state index contributed by atoms with van der Waals surface area (Å²) in [5, 5.41) is 9.22. The van der Waals surface area contributed by atoms with E-state index in [2.05, 4.69) is 5.10 Å². The lowest BCUT2D eigenvalue weighted by atomic mass is 10.4. The molecule has 1 aliphatic rings. The second-order valence-corrected chi connectivity index (χ2v) is 3.57. The molecular formula is C8H15N3O2S. The van der Waals surface area contributed by atoms with Crippen molar-refractivity contribution >= 4 is 11.0 Å². The largest absolute Gasteiger partial charge is 0.477 e. The van der Waals surface area contributed by atoms with Gasteiger partial charge in [-0.05, 0) is 0 Å². The van der Waals surface area contributed by atoms with Crippen LogP contribution in [0.2, 0.25) is 0 Å². The molecule has 14 heavy (non-hydrogen) atoms. The molecule has 0 aliphatic carbocycles. The van der Waals surface area contributed by atoms with Crippen LogP contribution < -0.4 is 9.88 Å². The zero-order chi connectivity index (χ0) is 10.6. The van der Waals surface area contributed by atoms with Gasteiger partial charge in [0, 0.05) is 13.0 Å². The van der Waals surface area contributed by atoms with E-state index in [0.717, 1.165) is 13.0 Å². The zero-order valence-electron chi connectivity index (χ0n) is 8.40. The highest BCUT2D eigenvalue weighted by Gasteiger charge is 2.18. The Balaban J connectivity index is 0.000000461. The van der Waals surface area contributed by atoms with Crippen LogP contribution in [0.15, 0.2) is 11.1 Å². The zero-order valence-corrected chi connectivity index (χ0v) is 9.21. The van der Waals surface area contributed by atoms with E-state index < -0.39 is 11.0 Å². The van der Waals surface area contributed by atoms with Crippen LogP contribution >= 0.6 is 0 Å². The molecule has 0 bridgehead atoms. The molecule has 2 rings (SSSR count). The molecular weight excluding hydrogens is 202 g/mol. The van der Waals surface area contributed by atoms with E-state index in [0.29, 0.717) is 17.4 Å². The van der Waals surface area contributed by atoms with Gasteiger partial charge in [-0.3, -0.25) is 0 Å². The van der Waals surface area contributed by atoms with Crippen molar-refractivity contribution in [2.45, 2.75) is 31.7 Å². The van der Waals surface area contributed by atoms with Crippen LogP contribution in [-0.2, 0) is 17.5 Å². The molecule has 80 valence electrons. The topological polar surface area (TPSA) is 70.1 Å². The number of rotatable bonds is 1. The fourth-order valence-electron chi connectivity index (χ4n) is 1.18. The smallest absolute Gasteiger partial charge is 0.229 e. The highest BCUT2D eigenvalue weighted by atomic mass is 32.2. The van der Waals surface area contributed by atoms with E-state index >= 15 is 0 Å². The predicted octanol–water partition coefficient (Wildman–Crippen LogP) is 0.673. The number of nitrogens with zero attached hydrogens (tertiary/aromatic N) is 2. The van der Waals surface area contributed by atoms with Crippen LogP contribution in [0.4, 0.5) is 0 Å². The van der Waals surface area contributed by atoms with Crippen LogP contribution in [0.3, 0.4) is 0 Å². The van der Waals surface area contributed by atoms with Gasteiger partial charge in [0.1, 0.15) is 15.9 Å². The van der Waals surface area contributed by atoms with Crippen molar-refractivity contribution in [2.24, 2.45) is 5.14 Å². The van der Waals surface area contributed by atoms with Gasteiger partial charge in [0.15, 0.2) is 0 Å². The van der Waals surface area contributed by atoms with Gasteiger partial charge in [0.05, 0.1) is 12.8 Å². The summed E-state index contributed by atoms with van der Waals surface area (Å²) >= 11 is 0. The molecule has 5 nitrogen and oxygen atoms in total. The van der Waals surface area contributed by atoms with Crippen molar-refractivity contribution in [3.63, 3.8) is 0 Å². The molecule has 0 saturated carbocycles. The van der Waals surface area contributed by atoms with Crippen molar-refractivity contribution in [1.29, 1.82) is 0 Å². The van der Waals surface area contributed by atoms with Crippen molar-refractivity contribution in [3.8, 4) is 5.88 Å². The molecule has 0 amide bonds. The molecule has 0 spiro atoms. The van der Waals surface area contributed by atoms with Gasteiger partial charge < -0.3 is 4.74 Å². The summed E-state index contributed by atoms with van der Waals surface area (Å²) in [5.41, 5.74) is 0. The first kappa shape index (κ1) is 11.2. The normalized spacial score (nSPS) is 15.9. The van der Waals surface area contributed by atoms with Crippen LogP contribution in [0, 0.1) is 0 Å². The first-order valence-electron chi connectivity index (χ1n) is 4.64. The number of fused-ring (bicyclic) bond motifs is 1. The minimum atomic E-state index is -1.50. The van der Waals surface area contributed by atoms with E-state index in [9.17, 15) is 4.21 Å². The maximum atomic E-state index is 10.9. The molecule has 1 aromatic rings. The number of nitrogens with two attached hydrogens (primary N) is 1. The Hall–Kier alpha value is -0.880. The van der Waals surface area contributed by atoms with E-state index in [1.54, 1.807) is 4.68 Å². The van der Waals surface area contributed by atoms with Crippen LogP contribution in [0.5, 0.6) is 5.88 Å². The third-order valence-corrected chi connectivity index (χ3v) is 2.44. The summed E-state index contributed by atoms with van der Waals surface area (Å²) in [6.07, 6.45) is 2.43. The molecule has 2 N–H and O–H groups in total. The second-order valence-electron chi connectivity index (χ2n) is 2.54. The minimum absolute atomic E-state index is 0.481. The average Bonchev–Trinajstić information content (AvgIpc) is 2.64. The van der Waals surface area contributed by atoms with Crippen LogP contribution in [-0.4, -0.2) is 20.6 Å². The van der Waals surface area contributed by atoms with Crippen LogP contribution in [0.1, 0.15) is 20.3 Å². The standard InChI is InChI=1S/C6H9N3O2S.C2H6/c7-12(10)5-4-8-9-2-1-3-11-6(5)9;1-2/h4H,1-3,7H2;1-2H3. The lowest BCUT2D eigenvalue weighted by Gasteiger charge is -2.14. The molecule has 1 aromatic heterocycles. The van der Waals surface area contributed by atoms with Gasteiger partial charge in [-0.25, -0.2) is 14.0 Å². The van der Waals surface area contributed by atoms with Gasteiger partial charge >= 0.3 is 0 Å². The summed E-state index contributed by atoms with van der Waals surface area (Å²) in [6, 6.07) is 0. The second kappa shape index (κ2) is 5.11. The monoisotopic (exact) mass is 217 g/mol. The maximum Gasteiger partial charge on any atom is 0.229 e. The van der Waals surface area contributed by atoms with Gasteiger partial charge in [-0.1, -0.05) is 13.8 Å². The number of hydrogen-bond acceptors (Lipinski definition) is 3. The van der Waals surface area contributed by atoms with Crippen molar-refractivity contribution < 1.29 is 8.95 Å². The molecule has 1 atom stereocenters. The van der Waals surface area contributed by atoms with Gasteiger partial charge in [0.25, 0.3) is 0 Å². The van der Waals surface area contributed by atoms with Crippen LogP contribution in [0.25, 0.3) is 0 Å². The molecule has 0 aromatic carbocycles. The van der Waals surface area contributed by atoms with Crippen molar-refractivity contribution in [1.82, 2.24) is 9.78 Å². The lowest BCUT2D eigenvalue weighted by molar-refractivity contribution is 0.225. The van der Waals surface area contributed by atoms with Crippen molar-refractivity contribution in [3.05, 3.63) is 6.20 Å². The molecule has 0 radical (unpaired) electrons. The van der Waals surface area contributed by atoms with Gasteiger partial charge in [-0.15, -0.1) is 0 Å². The Morgan fingerprint density at radius 3 is 3.00 bits per heavy atom. The van der Waals surface area contributed by atoms with E-state index in [1.165, 1.54) is 6.20 Å². The number of hydrogen-bond donors (Lipinski definition) is 1. The van der Waals surface area contributed by atoms with E-state index in [4.69, 9.17) is 9.88 Å². The van der Waals surface area contributed by atoms with E-state index in [-0.39, 0.29) is 0 Å². The Morgan fingerprint density at radius 1 is 1.64 bits per heavy atom. The summed E-state index contributed by atoms with van der Waals surface area (Å²) in [6.45, 7) is 5.46. The molecule has 1 unspecified atom stereocenters. The maximum absolute atomic E-state index is 10.9. The highest BCUT2D eigenvalue weighted by molar-refractivity contribution is 7.82. The average molecular weight is 217 g/mol. The summed E-state index contributed by atoms with van der Waals surface area (Å²) in [4.78, 5) is 0.481. The molecule has 0 saturated heterocycles. The predicted molar refractivity (Wildman–Crippen MR) is 54.3 cm³/mol. The lowest BCUT2D eigenvalue weighted by Crippen LogP contribution is -2.16. The minimum Gasteiger partial charge on any atom is -0.477 e. The van der Waals surface area contributed by atoms with Crippen molar-refractivity contribution in [2.75, 3.05) is 6.61 Å². The fourth-order valence-corrected chi connectivity index (χ4v) is 1.67. The molecule has 2 heterocycles. The van der Waals surface area contributed by atoms with E-state index in [1.807, 2.05) is 13.8 Å². The summed E-state index contributed by atoms with van der Waals surface area (Å²) in [7, 11) is -1.50. The first-order chi connectivity index (χ1) is 6.79. The van der Waals surface area contributed by atoms with Gasteiger partial charge in [0.2, 0.25) is 5.88 Å². The Bertz CT molecular complexity index is 324. The summed E-state index contributed by atoms with van der Waals surface area (Å²) in [5.74, 6) is 0.557. The fraction of sp³-hybridized carbons (Fsp3) is 0.625. The Morgan fingerprint density at radius 2 is 2.36 bits per heavy atom.